The molecular weight excluding hydrogens is 262 g/mol. The fourth-order valence-corrected chi connectivity index (χ4v) is 3.45. The van der Waals surface area contributed by atoms with Crippen LogP contribution in [0.2, 0.25) is 5.15 Å². The van der Waals surface area contributed by atoms with Gasteiger partial charge in [0.25, 0.3) is 0 Å². The summed E-state index contributed by atoms with van der Waals surface area (Å²) in [5.41, 5.74) is 0.990. The fraction of sp³-hybridized carbons (Fsp3) is 0.300. The van der Waals surface area contributed by atoms with E-state index in [1.807, 2.05) is 5.38 Å². The molecule has 0 aliphatic carbocycles. The molecule has 0 unspecified atom stereocenters. The van der Waals surface area contributed by atoms with Crippen LogP contribution in [0.3, 0.4) is 0 Å². The number of thiazole rings is 1. The fourth-order valence-electron chi connectivity index (χ4n) is 1.27. The topological polar surface area (TPSA) is 38.7 Å². The lowest BCUT2D eigenvalue weighted by atomic mass is 10.1. The zero-order valence-corrected chi connectivity index (χ0v) is 11.2. The number of hydrogen-bond donors (Lipinski definition) is 0. The Bertz CT molecular complexity index is 471. The van der Waals surface area contributed by atoms with Crippen molar-refractivity contribution >= 4 is 34.7 Å². The van der Waals surface area contributed by atoms with Crippen molar-refractivity contribution in [1.82, 2.24) is 15.0 Å². The molecule has 0 aliphatic rings. The summed E-state index contributed by atoms with van der Waals surface area (Å²) < 4.78 is 0.969. The Morgan fingerprint density at radius 2 is 2.12 bits per heavy atom. The van der Waals surface area contributed by atoms with Crippen LogP contribution in [0.1, 0.15) is 25.3 Å². The Morgan fingerprint density at radius 1 is 1.31 bits per heavy atom. The summed E-state index contributed by atoms with van der Waals surface area (Å²) in [5, 5.41) is 3.37. The van der Waals surface area contributed by atoms with E-state index in [-0.39, 0.29) is 0 Å². The minimum Gasteiger partial charge on any atom is -0.238 e. The van der Waals surface area contributed by atoms with Crippen LogP contribution in [0.15, 0.2) is 27.3 Å². The first kappa shape index (κ1) is 11.8. The van der Waals surface area contributed by atoms with Gasteiger partial charge in [0.1, 0.15) is 16.5 Å². The predicted octanol–water partition coefficient (Wildman–Crippen LogP) is 3.86. The number of aromatic nitrogens is 3. The third-order valence-electron chi connectivity index (χ3n) is 1.97. The molecule has 6 heteroatoms. The maximum absolute atomic E-state index is 6.08. The molecule has 0 saturated heterocycles. The summed E-state index contributed by atoms with van der Waals surface area (Å²) in [4.78, 5) is 12.5. The minimum absolute atomic E-state index is 0.302. The second-order valence-corrected chi connectivity index (χ2v) is 5.93. The van der Waals surface area contributed by atoms with Crippen molar-refractivity contribution in [1.29, 1.82) is 0 Å². The Labute approximate surface area is 107 Å². The van der Waals surface area contributed by atoms with E-state index in [0.29, 0.717) is 11.1 Å². The Balaban J connectivity index is 2.37. The van der Waals surface area contributed by atoms with E-state index in [1.54, 1.807) is 17.5 Å². The molecule has 0 saturated carbocycles. The van der Waals surface area contributed by atoms with Crippen molar-refractivity contribution in [2.45, 2.75) is 29.1 Å². The summed E-state index contributed by atoms with van der Waals surface area (Å²) in [6, 6.07) is 0. The van der Waals surface area contributed by atoms with Gasteiger partial charge in [-0.2, -0.15) is 0 Å². The van der Waals surface area contributed by atoms with E-state index in [1.165, 1.54) is 18.1 Å². The third kappa shape index (κ3) is 2.53. The normalized spacial score (nSPS) is 11.0. The van der Waals surface area contributed by atoms with Crippen LogP contribution in [-0.4, -0.2) is 15.0 Å². The zero-order valence-electron chi connectivity index (χ0n) is 8.85. The highest BCUT2D eigenvalue weighted by molar-refractivity contribution is 8.01. The molecular formula is C10H10ClN3S2. The predicted molar refractivity (Wildman–Crippen MR) is 67.4 cm³/mol. The third-order valence-corrected chi connectivity index (χ3v) is 4.17. The molecule has 0 bridgehead atoms. The van der Waals surface area contributed by atoms with Gasteiger partial charge in [0.15, 0.2) is 4.34 Å². The molecule has 2 rings (SSSR count). The molecule has 0 radical (unpaired) electrons. The van der Waals surface area contributed by atoms with Gasteiger partial charge in [-0.05, 0) is 17.7 Å². The van der Waals surface area contributed by atoms with Crippen LogP contribution in [0.25, 0.3) is 0 Å². The molecule has 0 N–H and O–H groups in total. The molecule has 84 valence electrons. The summed E-state index contributed by atoms with van der Waals surface area (Å²) in [6.07, 6.45) is 3.27. The minimum atomic E-state index is 0.302. The van der Waals surface area contributed by atoms with Crippen molar-refractivity contribution < 1.29 is 0 Å². The monoisotopic (exact) mass is 271 g/mol. The summed E-state index contributed by atoms with van der Waals surface area (Å²) in [6.45, 7) is 4.16. The van der Waals surface area contributed by atoms with Gasteiger partial charge in [-0.25, -0.2) is 15.0 Å². The second-order valence-electron chi connectivity index (χ2n) is 3.44. The molecule has 3 nitrogen and oxygen atoms in total. The first-order valence-electron chi connectivity index (χ1n) is 4.76. The van der Waals surface area contributed by atoms with Crippen molar-refractivity contribution in [2.24, 2.45) is 0 Å². The largest absolute Gasteiger partial charge is 0.238 e. The van der Waals surface area contributed by atoms with Crippen molar-refractivity contribution in [3.8, 4) is 0 Å². The highest BCUT2D eigenvalue weighted by Crippen LogP contribution is 2.35. The molecule has 0 aliphatic heterocycles. The number of halogens is 1. The first-order valence-corrected chi connectivity index (χ1v) is 6.83. The molecule has 2 heterocycles. The van der Waals surface area contributed by atoms with Crippen LogP contribution in [0.4, 0.5) is 0 Å². The van der Waals surface area contributed by atoms with Gasteiger partial charge in [0, 0.05) is 17.1 Å². The zero-order chi connectivity index (χ0) is 11.5. The van der Waals surface area contributed by atoms with Gasteiger partial charge in [0.2, 0.25) is 0 Å². The SMILES string of the molecule is CC(C)c1c(Cl)ncnc1Sc1nccs1. The highest BCUT2D eigenvalue weighted by atomic mass is 35.5. The number of nitrogens with zero attached hydrogens (tertiary/aromatic N) is 3. The van der Waals surface area contributed by atoms with E-state index in [4.69, 9.17) is 11.6 Å². The van der Waals surface area contributed by atoms with Gasteiger partial charge in [0.05, 0.1) is 0 Å². The Kier molecular flexibility index (Phi) is 3.78. The summed E-state index contributed by atoms with van der Waals surface area (Å²) >= 11 is 9.21. The summed E-state index contributed by atoms with van der Waals surface area (Å²) in [7, 11) is 0. The average molecular weight is 272 g/mol. The van der Waals surface area contributed by atoms with Gasteiger partial charge >= 0.3 is 0 Å². The van der Waals surface area contributed by atoms with E-state index in [9.17, 15) is 0 Å². The van der Waals surface area contributed by atoms with Crippen LogP contribution in [-0.2, 0) is 0 Å². The Hall–Kier alpha value is -0.650. The van der Waals surface area contributed by atoms with Crippen LogP contribution >= 0.6 is 34.7 Å². The molecule has 0 amide bonds. The molecule has 0 aromatic carbocycles. The molecule has 0 atom stereocenters. The van der Waals surface area contributed by atoms with E-state index >= 15 is 0 Å². The lowest BCUT2D eigenvalue weighted by Crippen LogP contribution is -1.97. The molecule has 2 aromatic rings. The van der Waals surface area contributed by atoms with Crippen LogP contribution in [0, 0.1) is 0 Å². The molecule has 2 aromatic heterocycles. The van der Waals surface area contributed by atoms with Gasteiger partial charge in [-0.1, -0.05) is 25.4 Å². The molecule has 0 fully saturated rings. The maximum Gasteiger partial charge on any atom is 0.156 e. The first-order chi connectivity index (χ1) is 7.68. The van der Waals surface area contributed by atoms with Crippen molar-refractivity contribution in [2.75, 3.05) is 0 Å². The van der Waals surface area contributed by atoms with E-state index in [2.05, 4.69) is 28.8 Å². The molecule has 16 heavy (non-hydrogen) atoms. The van der Waals surface area contributed by atoms with E-state index in [0.717, 1.165) is 14.9 Å². The summed E-state index contributed by atoms with van der Waals surface area (Å²) in [5.74, 6) is 0.302. The lowest BCUT2D eigenvalue weighted by molar-refractivity contribution is 0.802. The second kappa shape index (κ2) is 5.12. The molecule has 0 spiro atoms. The lowest BCUT2D eigenvalue weighted by Gasteiger charge is -2.10. The average Bonchev–Trinajstić information content (AvgIpc) is 2.70. The Morgan fingerprint density at radius 3 is 2.75 bits per heavy atom. The number of hydrogen-bond acceptors (Lipinski definition) is 5. The smallest absolute Gasteiger partial charge is 0.156 e. The van der Waals surface area contributed by atoms with Gasteiger partial charge in [-0.15, -0.1) is 11.3 Å². The standard InChI is InChI=1S/C10H10ClN3S2/c1-6(2)7-8(11)13-5-14-9(7)16-10-12-3-4-15-10/h3-6H,1-2H3. The number of rotatable bonds is 3. The van der Waals surface area contributed by atoms with Gasteiger partial charge < -0.3 is 0 Å². The van der Waals surface area contributed by atoms with Crippen molar-refractivity contribution in [3.05, 3.63) is 28.6 Å². The van der Waals surface area contributed by atoms with E-state index < -0.39 is 0 Å². The van der Waals surface area contributed by atoms with Crippen molar-refractivity contribution in [3.63, 3.8) is 0 Å². The quantitative estimate of drug-likeness (QED) is 0.795. The van der Waals surface area contributed by atoms with Crippen LogP contribution < -0.4 is 0 Å². The van der Waals surface area contributed by atoms with Crippen LogP contribution in [0.5, 0.6) is 0 Å². The highest BCUT2D eigenvalue weighted by Gasteiger charge is 2.15. The maximum atomic E-state index is 6.08. The van der Waals surface area contributed by atoms with Gasteiger partial charge in [-0.3, -0.25) is 0 Å².